The molecule has 3 heterocycles. The number of carbonyl (C=O) groups excluding carboxylic acids is 6. The maximum atomic E-state index is 12.6. The predicted molar refractivity (Wildman–Crippen MR) is 150 cm³/mol. The molecule has 0 saturated carbocycles. The van der Waals surface area contributed by atoms with E-state index >= 15 is 0 Å². The van der Waals surface area contributed by atoms with Gasteiger partial charge in [-0.25, -0.2) is 4.99 Å². The van der Waals surface area contributed by atoms with Crippen molar-refractivity contribution in [2.24, 2.45) is 4.99 Å². The van der Waals surface area contributed by atoms with E-state index in [4.69, 9.17) is 0 Å². The summed E-state index contributed by atoms with van der Waals surface area (Å²) in [5, 5.41) is 11.1. The van der Waals surface area contributed by atoms with Gasteiger partial charge in [0.2, 0.25) is 0 Å². The fraction of sp³-hybridized carbons (Fsp3) is 0. The predicted octanol–water partition coefficient (Wildman–Crippen LogP) is 3.77. The van der Waals surface area contributed by atoms with Crippen LogP contribution in [0.1, 0.15) is 67.7 Å². The van der Waals surface area contributed by atoms with E-state index in [0.29, 0.717) is 15.7 Å². The van der Waals surface area contributed by atoms with Crippen molar-refractivity contribution < 1.29 is 28.8 Å². The van der Waals surface area contributed by atoms with Crippen LogP contribution in [0.2, 0.25) is 0 Å². The lowest BCUT2D eigenvalue weighted by molar-refractivity contribution is 0.0863. The second-order valence-corrected chi connectivity index (χ2v) is 10.1. The molecule has 0 spiro atoms. The summed E-state index contributed by atoms with van der Waals surface area (Å²) in [6, 6.07) is 19.0. The molecule has 4 aromatic rings. The van der Waals surface area contributed by atoms with Crippen molar-refractivity contribution in [3.63, 3.8) is 0 Å². The summed E-state index contributed by atoms with van der Waals surface area (Å²) in [5.74, 6) is -2.88. The van der Waals surface area contributed by atoms with Crippen molar-refractivity contribution in [1.29, 1.82) is 0 Å². The van der Waals surface area contributed by atoms with Gasteiger partial charge >= 0.3 is 0 Å². The molecular weight excluding hydrogens is 546 g/mol. The van der Waals surface area contributed by atoms with E-state index in [0.717, 1.165) is 5.56 Å². The lowest BCUT2D eigenvalue weighted by Crippen LogP contribution is -2.19. The van der Waals surface area contributed by atoms with Crippen LogP contribution in [-0.2, 0) is 0 Å². The Hall–Kier alpha value is -5.75. The number of rotatable bonds is 6. The number of nitrogens with zero attached hydrogens (tertiary/aromatic N) is 1. The Morgan fingerprint density at radius 2 is 1.17 bits per heavy atom. The maximum Gasteiger partial charge on any atom is 0.258 e. The molecule has 1 aromatic heterocycles. The van der Waals surface area contributed by atoms with Gasteiger partial charge in [0.1, 0.15) is 5.00 Å². The van der Waals surface area contributed by atoms with Crippen molar-refractivity contribution in [2.75, 3.05) is 10.6 Å². The third-order valence-electron chi connectivity index (χ3n) is 6.33. The lowest BCUT2D eigenvalue weighted by Gasteiger charge is -2.06. The Labute approximate surface area is 235 Å². The number of anilines is 2. The van der Waals surface area contributed by atoms with Crippen LogP contribution in [0.3, 0.4) is 0 Å². The van der Waals surface area contributed by atoms with Crippen LogP contribution in [-0.4, -0.2) is 41.7 Å². The van der Waals surface area contributed by atoms with Crippen LogP contribution in [0.25, 0.3) is 0 Å². The first-order chi connectivity index (χ1) is 19.7. The molecule has 0 saturated heterocycles. The molecule has 0 unspecified atom stereocenters. The van der Waals surface area contributed by atoms with Gasteiger partial charge in [0.05, 0.1) is 27.3 Å². The fourth-order valence-electron chi connectivity index (χ4n) is 4.26. The third kappa shape index (κ3) is 5.02. The van der Waals surface area contributed by atoms with Crippen molar-refractivity contribution in [2.45, 2.75) is 0 Å². The molecule has 11 nitrogen and oxygen atoms in total. The zero-order chi connectivity index (χ0) is 28.7. The van der Waals surface area contributed by atoms with Crippen molar-refractivity contribution in [3.05, 3.63) is 112 Å². The Kier molecular flexibility index (Phi) is 6.28. The Bertz CT molecular complexity index is 1860. The number of fused-ring (bicyclic) bond motifs is 2. The lowest BCUT2D eigenvalue weighted by atomic mass is 10.1. The first-order valence-electron chi connectivity index (χ1n) is 12.1. The first-order valence-corrected chi connectivity index (χ1v) is 12.9. The SMILES string of the molecule is O=C(Nc1ccc(/C=N/c2ccc(NC(=O)c3ccc4c(c3)C(=O)NC4=O)s2)cc1)c1ccc2c(c1)C(=O)NC2=O. The number of hydrogen-bond donors (Lipinski definition) is 4. The maximum absolute atomic E-state index is 12.6. The number of hydrogen-bond acceptors (Lipinski definition) is 8. The minimum Gasteiger partial charge on any atom is -0.322 e. The van der Waals surface area contributed by atoms with Gasteiger partial charge in [0.15, 0.2) is 0 Å². The molecule has 3 aromatic carbocycles. The van der Waals surface area contributed by atoms with Gasteiger partial charge in [0.25, 0.3) is 35.4 Å². The molecule has 4 N–H and O–H groups in total. The van der Waals surface area contributed by atoms with Crippen LogP contribution < -0.4 is 21.3 Å². The number of nitrogens with one attached hydrogen (secondary N) is 4. The molecule has 6 amide bonds. The topological polar surface area (TPSA) is 163 Å². The van der Waals surface area contributed by atoms with Crippen molar-refractivity contribution >= 4 is 68.7 Å². The van der Waals surface area contributed by atoms with Gasteiger partial charge in [0, 0.05) is 23.0 Å². The number of thiophene rings is 1. The highest BCUT2D eigenvalue weighted by Crippen LogP contribution is 2.30. The molecule has 0 fully saturated rings. The highest BCUT2D eigenvalue weighted by atomic mass is 32.1. The Morgan fingerprint density at radius 3 is 1.76 bits per heavy atom. The summed E-state index contributed by atoms with van der Waals surface area (Å²) in [5.41, 5.74) is 2.60. The van der Waals surface area contributed by atoms with Gasteiger partial charge < -0.3 is 10.6 Å². The van der Waals surface area contributed by atoms with Crippen LogP contribution in [0.5, 0.6) is 0 Å². The van der Waals surface area contributed by atoms with E-state index in [9.17, 15) is 28.8 Å². The first kappa shape index (κ1) is 25.5. The quantitative estimate of drug-likeness (QED) is 0.206. The average molecular weight is 564 g/mol. The Balaban J connectivity index is 1.06. The molecular formula is C29H17N5O6S. The zero-order valence-corrected chi connectivity index (χ0v) is 21.6. The number of aliphatic imine (C=N–C) groups is 1. The van der Waals surface area contributed by atoms with Gasteiger partial charge in [-0.3, -0.25) is 39.4 Å². The summed E-state index contributed by atoms with van der Waals surface area (Å²) in [7, 11) is 0. The number of carbonyl (C=O) groups is 6. The van der Waals surface area contributed by atoms with Crippen LogP contribution >= 0.6 is 11.3 Å². The van der Waals surface area contributed by atoms with Gasteiger partial charge in [-0.2, -0.15) is 0 Å². The standard InChI is InChI=1S/C29H17N5O6S/c35-24(15-3-7-18-20(11-15)28(39)33-26(18)37)31-17-5-1-14(2-6-17)13-30-22-9-10-23(41-22)32-25(36)16-4-8-19-21(12-16)29(40)34-27(19)38/h1-13H,(H,31,35)(H,32,36)(H,33,37,39)(H,34,38,40)/b30-13+. The average Bonchev–Trinajstić information content (AvgIpc) is 3.62. The van der Waals surface area contributed by atoms with E-state index in [-0.39, 0.29) is 33.4 Å². The Morgan fingerprint density at radius 1 is 0.634 bits per heavy atom. The second kappa shape index (κ2) is 10.1. The fourth-order valence-corrected chi connectivity index (χ4v) is 5.01. The molecule has 0 bridgehead atoms. The monoisotopic (exact) mass is 563 g/mol. The third-order valence-corrected chi connectivity index (χ3v) is 7.24. The van der Waals surface area contributed by atoms with Gasteiger partial charge in [-0.1, -0.05) is 23.5 Å². The molecule has 41 heavy (non-hydrogen) atoms. The summed E-state index contributed by atoms with van der Waals surface area (Å²) in [6.45, 7) is 0. The summed E-state index contributed by atoms with van der Waals surface area (Å²) in [6.07, 6.45) is 1.63. The number of amides is 6. The molecule has 2 aliphatic heterocycles. The molecule has 0 radical (unpaired) electrons. The van der Waals surface area contributed by atoms with Crippen LogP contribution in [0.15, 0.2) is 77.8 Å². The zero-order valence-electron chi connectivity index (χ0n) is 20.8. The number of imide groups is 2. The highest BCUT2D eigenvalue weighted by Gasteiger charge is 2.28. The smallest absolute Gasteiger partial charge is 0.258 e. The molecule has 12 heteroatoms. The highest BCUT2D eigenvalue weighted by molar-refractivity contribution is 7.19. The minimum atomic E-state index is -0.531. The molecule has 0 aliphatic carbocycles. The summed E-state index contributed by atoms with van der Waals surface area (Å²) >= 11 is 1.25. The van der Waals surface area contributed by atoms with E-state index in [2.05, 4.69) is 26.3 Å². The summed E-state index contributed by atoms with van der Waals surface area (Å²) in [4.78, 5) is 76.8. The van der Waals surface area contributed by atoms with E-state index in [1.54, 1.807) is 42.6 Å². The molecule has 6 rings (SSSR count). The van der Waals surface area contributed by atoms with E-state index in [1.807, 2.05) is 0 Å². The molecule has 0 atom stereocenters. The van der Waals surface area contributed by atoms with Gasteiger partial charge in [-0.15, -0.1) is 0 Å². The number of benzene rings is 3. The summed E-state index contributed by atoms with van der Waals surface area (Å²) < 4.78 is 0. The molecule has 200 valence electrons. The van der Waals surface area contributed by atoms with Crippen LogP contribution in [0, 0.1) is 0 Å². The normalized spacial score (nSPS) is 13.6. The second-order valence-electron chi connectivity index (χ2n) is 9.01. The van der Waals surface area contributed by atoms with Crippen molar-refractivity contribution in [3.8, 4) is 0 Å². The van der Waals surface area contributed by atoms with E-state index in [1.165, 1.54) is 47.7 Å². The van der Waals surface area contributed by atoms with Gasteiger partial charge in [-0.05, 0) is 66.2 Å². The largest absolute Gasteiger partial charge is 0.322 e. The van der Waals surface area contributed by atoms with Crippen LogP contribution in [0.4, 0.5) is 15.7 Å². The van der Waals surface area contributed by atoms with E-state index < -0.39 is 35.4 Å². The molecule has 2 aliphatic rings. The minimum absolute atomic E-state index is 0.166. The van der Waals surface area contributed by atoms with Crippen molar-refractivity contribution in [1.82, 2.24) is 10.6 Å².